The third-order valence-corrected chi connectivity index (χ3v) is 3.44. The van der Waals surface area contributed by atoms with Gasteiger partial charge >= 0.3 is 0 Å². The van der Waals surface area contributed by atoms with Crippen LogP contribution in [0.15, 0.2) is 16.6 Å². The summed E-state index contributed by atoms with van der Waals surface area (Å²) in [5.41, 5.74) is 0.849. The van der Waals surface area contributed by atoms with Crippen LogP contribution < -0.4 is 4.90 Å². The van der Waals surface area contributed by atoms with Gasteiger partial charge in [-0.05, 0) is 28.1 Å². The molecule has 1 aromatic rings. The van der Waals surface area contributed by atoms with Crippen molar-refractivity contribution in [3.8, 4) is 0 Å². The van der Waals surface area contributed by atoms with Gasteiger partial charge in [0.1, 0.15) is 0 Å². The van der Waals surface area contributed by atoms with Crippen molar-refractivity contribution in [3.63, 3.8) is 0 Å². The minimum atomic E-state index is -0.547. The van der Waals surface area contributed by atoms with E-state index in [1.54, 1.807) is 19.2 Å². The highest BCUT2D eigenvalue weighted by Gasteiger charge is 2.35. The summed E-state index contributed by atoms with van der Waals surface area (Å²) in [4.78, 5) is 24.1. The Kier molecular flexibility index (Phi) is 2.12. The number of amides is 1. The molecule has 0 radical (unpaired) electrons. The number of rotatable bonds is 0. The third kappa shape index (κ3) is 1.11. The van der Waals surface area contributed by atoms with Crippen LogP contribution in [0.3, 0.4) is 0 Å². The van der Waals surface area contributed by atoms with Crippen LogP contribution in [0, 0.1) is 0 Å². The number of ketones is 1. The number of fused-ring (bicyclic) bond motifs is 1. The second kappa shape index (κ2) is 3.07. The highest BCUT2D eigenvalue weighted by molar-refractivity contribution is 9.10. The van der Waals surface area contributed by atoms with E-state index in [9.17, 15) is 9.59 Å². The molecule has 0 bridgehead atoms. The molecule has 0 N–H and O–H groups in total. The molecular weight excluding hydrogens is 269 g/mol. The van der Waals surface area contributed by atoms with Crippen LogP contribution in [-0.4, -0.2) is 18.7 Å². The monoisotopic (exact) mass is 273 g/mol. The smallest absolute Gasteiger partial charge is 0.299 e. The fourth-order valence-corrected chi connectivity index (χ4v) is 1.98. The Hall–Kier alpha value is -0.870. The Labute approximate surface area is 93.8 Å². The van der Waals surface area contributed by atoms with Crippen LogP contribution in [0.5, 0.6) is 0 Å². The number of Topliss-reactive ketones (excluding diaryl/α,β-unsaturated/α-hetero) is 1. The van der Waals surface area contributed by atoms with Gasteiger partial charge in [0.25, 0.3) is 11.7 Å². The summed E-state index contributed by atoms with van der Waals surface area (Å²) in [6.45, 7) is 0. The van der Waals surface area contributed by atoms with Gasteiger partial charge in [-0.25, -0.2) is 0 Å². The van der Waals surface area contributed by atoms with Crippen molar-refractivity contribution in [2.45, 2.75) is 0 Å². The summed E-state index contributed by atoms with van der Waals surface area (Å²) >= 11 is 9.12. The molecular formula is C9H5BrClNO2. The van der Waals surface area contributed by atoms with Gasteiger partial charge in [-0.3, -0.25) is 9.59 Å². The lowest BCUT2D eigenvalue weighted by Gasteiger charge is -2.08. The standard InChI is InChI=1S/C9H5BrClNO2/c1-12-5-3-2-4(10)7(11)6(5)8(13)9(12)14/h2-3H,1H3. The molecule has 1 amide bonds. The van der Waals surface area contributed by atoms with E-state index in [0.717, 1.165) is 0 Å². The summed E-state index contributed by atoms with van der Waals surface area (Å²) in [5, 5.41) is 0.296. The first kappa shape index (κ1) is 9.68. The molecule has 72 valence electrons. The predicted octanol–water partition coefficient (Wildman–Crippen LogP) is 2.26. The summed E-state index contributed by atoms with van der Waals surface area (Å²) in [5.74, 6) is -1.09. The average Bonchev–Trinajstić information content (AvgIpc) is 2.38. The molecule has 2 rings (SSSR count). The van der Waals surface area contributed by atoms with Gasteiger partial charge in [-0.1, -0.05) is 11.6 Å². The van der Waals surface area contributed by atoms with Gasteiger partial charge in [-0.15, -0.1) is 0 Å². The van der Waals surface area contributed by atoms with Crippen molar-refractivity contribution < 1.29 is 9.59 Å². The topological polar surface area (TPSA) is 37.4 Å². The number of benzene rings is 1. The van der Waals surface area contributed by atoms with Crippen molar-refractivity contribution in [3.05, 3.63) is 27.2 Å². The number of nitrogens with zero attached hydrogens (tertiary/aromatic N) is 1. The molecule has 0 aromatic heterocycles. The maximum absolute atomic E-state index is 11.5. The zero-order chi connectivity index (χ0) is 10.5. The first-order valence-corrected chi connectivity index (χ1v) is 5.01. The summed E-state index contributed by atoms with van der Waals surface area (Å²) < 4.78 is 0.620. The Morgan fingerprint density at radius 2 is 2.00 bits per heavy atom. The molecule has 0 spiro atoms. The molecule has 0 unspecified atom stereocenters. The van der Waals surface area contributed by atoms with Gasteiger partial charge in [0.2, 0.25) is 0 Å². The van der Waals surface area contributed by atoms with E-state index in [4.69, 9.17) is 11.6 Å². The maximum atomic E-state index is 11.5. The van der Waals surface area contributed by atoms with E-state index in [0.29, 0.717) is 15.2 Å². The van der Waals surface area contributed by atoms with Crippen molar-refractivity contribution in [1.82, 2.24) is 0 Å². The van der Waals surface area contributed by atoms with E-state index in [-0.39, 0.29) is 5.56 Å². The molecule has 1 aliphatic heterocycles. The molecule has 0 fully saturated rings. The van der Waals surface area contributed by atoms with Crippen molar-refractivity contribution in [2.75, 3.05) is 11.9 Å². The maximum Gasteiger partial charge on any atom is 0.299 e. The molecule has 0 saturated heterocycles. The van der Waals surface area contributed by atoms with Gasteiger partial charge in [0.05, 0.1) is 16.3 Å². The Morgan fingerprint density at radius 1 is 1.36 bits per heavy atom. The van der Waals surface area contributed by atoms with E-state index < -0.39 is 11.7 Å². The quantitative estimate of drug-likeness (QED) is 0.681. The fourth-order valence-electron chi connectivity index (χ4n) is 1.40. The second-order valence-electron chi connectivity index (χ2n) is 2.95. The third-order valence-electron chi connectivity index (χ3n) is 2.16. The molecule has 1 aromatic carbocycles. The molecule has 1 aliphatic rings. The van der Waals surface area contributed by atoms with E-state index in [1.807, 2.05) is 0 Å². The molecule has 0 saturated carbocycles. The van der Waals surface area contributed by atoms with Crippen molar-refractivity contribution >= 4 is 44.9 Å². The zero-order valence-corrected chi connectivity index (χ0v) is 9.52. The SMILES string of the molecule is CN1C(=O)C(=O)c2c1ccc(Br)c2Cl. The van der Waals surface area contributed by atoms with Gasteiger partial charge in [-0.2, -0.15) is 0 Å². The molecule has 0 aliphatic carbocycles. The van der Waals surface area contributed by atoms with Crippen molar-refractivity contribution in [2.24, 2.45) is 0 Å². The number of likely N-dealkylation sites (N-methyl/N-ethyl adjacent to an activating group) is 1. The Morgan fingerprint density at radius 3 is 2.64 bits per heavy atom. The number of hydrogen-bond donors (Lipinski definition) is 0. The lowest BCUT2D eigenvalue weighted by molar-refractivity contribution is -0.114. The van der Waals surface area contributed by atoms with Crippen LogP contribution in [-0.2, 0) is 4.79 Å². The van der Waals surface area contributed by atoms with Crippen molar-refractivity contribution in [1.29, 1.82) is 0 Å². The minimum Gasteiger partial charge on any atom is -0.308 e. The normalized spacial score (nSPS) is 14.9. The molecule has 3 nitrogen and oxygen atoms in total. The van der Waals surface area contributed by atoms with E-state index >= 15 is 0 Å². The summed E-state index contributed by atoms with van der Waals surface area (Å²) in [6.07, 6.45) is 0. The highest BCUT2D eigenvalue weighted by atomic mass is 79.9. The Balaban J connectivity index is 2.76. The lowest BCUT2D eigenvalue weighted by Crippen LogP contribution is -2.24. The number of halogens is 2. The van der Waals surface area contributed by atoms with Crippen LogP contribution in [0.25, 0.3) is 0 Å². The first-order chi connectivity index (χ1) is 6.54. The summed E-state index contributed by atoms with van der Waals surface area (Å²) in [7, 11) is 1.55. The van der Waals surface area contributed by atoms with Gasteiger partial charge < -0.3 is 4.90 Å². The van der Waals surface area contributed by atoms with Gasteiger partial charge in [0, 0.05) is 11.5 Å². The molecule has 5 heteroatoms. The Bertz CT molecular complexity index is 458. The van der Waals surface area contributed by atoms with E-state index in [2.05, 4.69) is 15.9 Å². The fraction of sp³-hybridized carbons (Fsp3) is 0.111. The highest BCUT2D eigenvalue weighted by Crippen LogP contribution is 2.37. The lowest BCUT2D eigenvalue weighted by atomic mass is 10.1. The molecule has 14 heavy (non-hydrogen) atoms. The van der Waals surface area contributed by atoms with Crippen LogP contribution >= 0.6 is 27.5 Å². The second-order valence-corrected chi connectivity index (χ2v) is 4.18. The predicted molar refractivity (Wildman–Crippen MR) is 56.9 cm³/mol. The van der Waals surface area contributed by atoms with E-state index in [1.165, 1.54) is 4.90 Å². The molecule has 1 heterocycles. The largest absolute Gasteiger partial charge is 0.308 e. The zero-order valence-electron chi connectivity index (χ0n) is 7.17. The number of carbonyl (C=O) groups is 2. The minimum absolute atomic E-state index is 0.286. The van der Waals surface area contributed by atoms with Crippen LogP contribution in [0.1, 0.15) is 10.4 Å². The summed E-state index contributed by atoms with van der Waals surface area (Å²) in [6, 6.07) is 3.40. The van der Waals surface area contributed by atoms with Crippen LogP contribution in [0.4, 0.5) is 5.69 Å². The number of carbonyl (C=O) groups excluding carboxylic acids is 2. The number of hydrogen-bond acceptors (Lipinski definition) is 2. The first-order valence-electron chi connectivity index (χ1n) is 3.84. The average molecular weight is 275 g/mol. The van der Waals surface area contributed by atoms with Crippen LogP contribution in [0.2, 0.25) is 5.02 Å². The molecule has 0 atom stereocenters. The van der Waals surface area contributed by atoms with Gasteiger partial charge in [0.15, 0.2) is 0 Å². The number of anilines is 1.